The molecule has 0 aliphatic carbocycles. The molecule has 0 fully saturated rings. The molecule has 0 aliphatic rings. The average Bonchev–Trinajstić information content (AvgIpc) is 2.50. The Morgan fingerprint density at radius 1 is 1.27 bits per heavy atom. The van der Waals surface area contributed by atoms with Gasteiger partial charge in [-0.1, -0.05) is 23.7 Å². The Labute approximate surface area is 148 Å². The lowest BCUT2D eigenvalue weighted by molar-refractivity contribution is -0.119. The summed E-state index contributed by atoms with van der Waals surface area (Å²) in [6.07, 6.45) is 1.57. The van der Waals surface area contributed by atoms with Gasteiger partial charge in [0.15, 0.2) is 0 Å². The molecule has 114 valence electrons. The number of benzene rings is 2. The fourth-order valence-electron chi connectivity index (χ4n) is 1.70. The molecule has 2 N–H and O–H groups in total. The zero-order chi connectivity index (χ0) is 15.9. The third-order valence-corrected chi connectivity index (χ3v) is 4.35. The first-order valence-electron chi connectivity index (χ1n) is 6.62. The molecule has 0 atom stereocenters. The van der Waals surface area contributed by atoms with E-state index in [1.54, 1.807) is 18.3 Å². The van der Waals surface area contributed by atoms with Gasteiger partial charge < -0.3 is 5.32 Å². The van der Waals surface area contributed by atoms with E-state index in [2.05, 4.69) is 38.4 Å². The van der Waals surface area contributed by atoms with Gasteiger partial charge in [-0.05, 0) is 71.0 Å². The number of hydrazone groups is 1. The van der Waals surface area contributed by atoms with Crippen molar-refractivity contribution >= 4 is 52.0 Å². The van der Waals surface area contributed by atoms with Crippen LogP contribution in [0.2, 0.25) is 5.02 Å². The summed E-state index contributed by atoms with van der Waals surface area (Å²) in [6, 6.07) is 13.1. The molecule has 1 amide bonds. The second-order valence-electron chi connectivity index (χ2n) is 4.66. The SMILES string of the molecule is Cc1cc(NCC(=O)NN=Cc2ccc(Cl)cc2)ccc1I. The molecule has 0 bridgehead atoms. The first-order valence-corrected chi connectivity index (χ1v) is 8.08. The van der Waals surface area contributed by atoms with Crippen LogP contribution in [0.3, 0.4) is 0 Å². The molecule has 0 aromatic heterocycles. The van der Waals surface area contributed by atoms with E-state index in [4.69, 9.17) is 11.6 Å². The van der Waals surface area contributed by atoms with E-state index >= 15 is 0 Å². The molecule has 0 saturated carbocycles. The summed E-state index contributed by atoms with van der Waals surface area (Å²) in [4.78, 5) is 11.7. The van der Waals surface area contributed by atoms with Gasteiger partial charge in [-0.3, -0.25) is 4.79 Å². The number of anilines is 1. The molecule has 0 radical (unpaired) electrons. The summed E-state index contributed by atoms with van der Waals surface area (Å²) >= 11 is 8.07. The van der Waals surface area contributed by atoms with Gasteiger partial charge in [0.1, 0.15) is 0 Å². The Bertz CT molecular complexity index is 686. The Balaban J connectivity index is 1.80. The van der Waals surface area contributed by atoms with Crippen molar-refractivity contribution in [3.63, 3.8) is 0 Å². The number of hydrogen-bond acceptors (Lipinski definition) is 3. The highest BCUT2D eigenvalue weighted by atomic mass is 127. The van der Waals surface area contributed by atoms with Crippen LogP contribution >= 0.6 is 34.2 Å². The van der Waals surface area contributed by atoms with E-state index in [-0.39, 0.29) is 12.5 Å². The van der Waals surface area contributed by atoms with E-state index in [1.807, 2.05) is 37.3 Å². The Hall–Kier alpha value is -1.60. The molecule has 0 unspecified atom stereocenters. The number of halogens is 2. The van der Waals surface area contributed by atoms with Crippen molar-refractivity contribution in [2.75, 3.05) is 11.9 Å². The van der Waals surface area contributed by atoms with Crippen molar-refractivity contribution < 1.29 is 4.79 Å². The smallest absolute Gasteiger partial charge is 0.259 e. The summed E-state index contributed by atoms with van der Waals surface area (Å²) in [7, 11) is 0. The van der Waals surface area contributed by atoms with Crippen LogP contribution in [0.4, 0.5) is 5.69 Å². The van der Waals surface area contributed by atoms with Crippen molar-refractivity contribution in [3.05, 3.63) is 62.2 Å². The summed E-state index contributed by atoms with van der Waals surface area (Å²) < 4.78 is 1.19. The topological polar surface area (TPSA) is 53.5 Å². The van der Waals surface area contributed by atoms with Crippen LogP contribution in [0.15, 0.2) is 47.6 Å². The molecule has 0 heterocycles. The molecular formula is C16H15ClIN3O. The first-order chi connectivity index (χ1) is 10.5. The van der Waals surface area contributed by atoms with Crippen molar-refractivity contribution in [2.24, 2.45) is 5.10 Å². The molecule has 4 nitrogen and oxygen atoms in total. The van der Waals surface area contributed by atoms with Gasteiger partial charge in [0, 0.05) is 14.3 Å². The van der Waals surface area contributed by atoms with Crippen LogP contribution in [0.1, 0.15) is 11.1 Å². The predicted molar refractivity (Wildman–Crippen MR) is 99.6 cm³/mol. The minimum Gasteiger partial charge on any atom is -0.376 e. The number of hydrogen-bond donors (Lipinski definition) is 2. The maximum atomic E-state index is 11.7. The number of nitrogens with zero attached hydrogens (tertiary/aromatic N) is 1. The van der Waals surface area contributed by atoms with E-state index < -0.39 is 0 Å². The largest absolute Gasteiger partial charge is 0.376 e. The fourth-order valence-corrected chi connectivity index (χ4v) is 2.17. The molecule has 6 heteroatoms. The van der Waals surface area contributed by atoms with Gasteiger partial charge in [-0.2, -0.15) is 5.10 Å². The van der Waals surface area contributed by atoms with Crippen LogP contribution in [-0.4, -0.2) is 18.7 Å². The van der Waals surface area contributed by atoms with Crippen LogP contribution in [-0.2, 0) is 4.79 Å². The first kappa shape index (κ1) is 16.8. The third-order valence-electron chi connectivity index (χ3n) is 2.88. The minimum absolute atomic E-state index is 0.165. The lowest BCUT2D eigenvalue weighted by atomic mass is 10.2. The Kier molecular flexibility index (Phi) is 6.21. The molecule has 2 aromatic carbocycles. The molecule has 22 heavy (non-hydrogen) atoms. The number of nitrogens with one attached hydrogen (secondary N) is 2. The van der Waals surface area contributed by atoms with E-state index in [9.17, 15) is 4.79 Å². The van der Waals surface area contributed by atoms with Gasteiger partial charge >= 0.3 is 0 Å². The van der Waals surface area contributed by atoms with Gasteiger partial charge in [0.25, 0.3) is 5.91 Å². The fraction of sp³-hybridized carbons (Fsp3) is 0.125. The molecule has 0 saturated heterocycles. The molecule has 0 spiro atoms. The van der Waals surface area contributed by atoms with Gasteiger partial charge in [0.05, 0.1) is 12.8 Å². The predicted octanol–water partition coefficient (Wildman–Crippen LogP) is 3.82. The summed E-state index contributed by atoms with van der Waals surface area (Å²) in [5.74, 6) is -0.207. The number of aryl methyl sites for hydroxylation is 1. The van der Waals surface area contributed by atoms with Crippen molar-refractivity contribution in [2.45, 2.75) is 6.92 Å². The van der Waals surface area contributed by atoms with Crippen LogP contribution in [0, 0.1) is 10.5 Å². The lowest BCUT2D eigenvalue weighted by Gasteiger charge is -2.07. The molecule has 2 rings (SSSR count). The zero-order valence-corrected chi connectivity index (χ0v) is 14.9. The standard InChI is InChI=1S/C16H15ClIN3O/c1-11-8-14(6-7-15(11)18)19-10-16(22)21-20-9-12-2-4-13(17)5-3-12/h2-9,19H,10H2,1H3,(H,21,22). The highest BCUT2D eigenvalue weighted by Gasteiger charge is 2.01. The zero-order valence-electron chi connectivity index (χ0n) is 11.9. The number of carbonyl (C=O) groups excluding carboxylic acids is 1. The second-order valence-corrected chi connectivity index (χ2v) is 6.26. The van der Waals surface area contributed by atoms with E-state index in [0.29, 0.717) is 5.02 Å². The summed E-state index contributed by atoms with van der Waals surface area (Å²) in [6.45, 7) is 2.20. The van der Waals surface area contributed by atoms with E-state index in [0.717, 1.165) is 11.3 Å². The van der Waals surface area contributed by atoms with Crippen LogP contribution < -0.4 is 10.7 Å². The third kappa shape index (κ3) is 5.31. The normalized spacial score (nSPS) is 10.7. The van der Waals surface area contributed by atoms with E-state index in [1.165, 1.54) is 9.13 Å². The maximum Gasteiger partial charge on any atom is 0.259 e. The molecule has 2 aromatic rings. The Morgan fingerprint density at radius 3 is 2.68 bits per heavy atom. The second kappa shape index (κ2) is 8.14. The lowest BCUT2D eigenvalue weighted by Crippen LogP contribution is -2.25. The number of carbonyl (C=O) groups is 1. The van der Waals surface area contributed by atoms with Crippen LogP contribution in [0.25, 0.3) is 0 Å². The maximum absolute atomic E-state index is 11.7. The van der Waals surface area contributed by atoms with Crippen molar-refractivity contribution in [1.29, 1.82) is 0 Å². The van der Waals surface area contributed by atoms with Gasteiger partial charge in [-0.25, -0.2) is 5.43 Å². The quantitative estimate of drug-likeness (QED) is 0.433. The highest BCUT2D eigenvalue weighted by Crippen LogP contribution is 2.16. The minimum atomic E-state index is -0.207. The van der Waals surface area contributed by atoms with Crippen molar-refractivity contribution in [3.8, 4) is 0 Å². The number of rotatable bonds is 5. The Morgan fingerprint density at radius 2 is 2.00 bits per heavy atom. The van der Waals surface area contributed by atoms with Gasteiger partial charge in [-0.15, -0.1) is 0 Å². The monoisotopic (exact) mass is 427 g/mol. The van der Waals surface area contributed by atoms with Crippen LogP contribution in [0.5, 0.6) is 0 Å². The van der Waals surface area contributed by atoms with Gasteiger partial charge in [0.2, 0.25) is 0 Å². The summed E-state index contributed by atoms with van der Waals surface area (Å²) in [5.41, 5.74) is 5.43. The number of amides is 1. The average molecular weight is 428 g/mol. The van der Waals surface area contributed by atoms with Crippen molar-refractivity contribution in [1.82, 2.24) is 5.43 Å². The molecule has 0 aliphatic heterocycles. The molecular weight excluding hydrogens is 413 g/mol. The summed E-state index contributed by atoms with van der Waals surface area (Å²) in [5, 5.41) is 7.63. The highest BCUT2D eigenvalue weighted by molar-refractivity contribution is 14.1.